The van der Waals surface area contributed by atoms with Gasteiger partial charge in [-0.1, -0.05) is 17.7 Å². The van der Waals surface area contributed by atoms with Crippen LogP contribution < -0.4 is 5.73 Å². The minimum absolute atomic E-state index is 0.501. The van der Waals surface area contributed by atoms with E-state index in [9.17, 15) is 4.79 Å². The van der Waals surface area contributed by atoms with Crippen molar-refractivity contribution < 1.29 is 9.90 Å². The van der Waals surface area contributed by atoms with Crippen molar-refractivity contribution >= 4 is 17.7 Å². The normalized spacial score (nSPS) is 14.3. The van der Waals surface area contributed by atoms with Gasteiger partial charge in [-0.2, -0.15) is 0 Å². The number of hydrogen-bond acceptors (Lipinski definition) is 3. The predicted molar refractivity (Wildman–Crippen MR) is 71.4 cm³/mol. The first-order valence-electron chi connectivity index (χ1n) is 5.63. The molecule has 0 radical (unpaired) electrons. The number of rotatable bonds is 6. The smallest absolute Gasteiger partial charge is 0.323 e. The number of hydrogen-bond donors (Lipinski definition) is 2. The van der Waals surface area contributed by atoms with E-state index in [1.807, 2.05) is 6.07 Å². The summed E-state index contributed by atoms with van der Waals surface area (Å²) < 4.78 is 0. The highest BCUT2D eigenvalue weighted by Crippen LogP contribution is 2.21. The first-order chi connectivity index (χ1) is 7.92. The van der Waals surface area contributed by atoms with E-state index in [4.69, 9.17) is 10.8 Å². The molecule has 0 saturated heterocycles. The Morgan fingerprint density at radius 3 is 2.82 bits per heavy atom. The van der Waals surface area contributed by atoms with Crippen LogP contribution in [0.25, 0.3) is 0 Å². The zero-order valence-electron chi connectivity index (χ0n) is 10.3. The van der Waals surface area contributed by atoms with Gasteiger partial charge >= 0.3 is 5.97 Å². The molecule has 0 aliphatic rings. The van der Waals surface area contributed by atoms with Crippen molar-refractivity contribution in [3.8, 4) is 0 Å². The van der Waals surface area contributed by atoms with Gasteiger partial charge in [0.05, 0.1) is 0 Å². The maximum atomic E-state index is 10.8. The summed E-state index contributed by atoms with van der Waals surface area (Å²) >= 11 is 1.74. The van der Waals surface area contributed by atoms with E-state index in [2.05, 4.69) is 25.1 Å². The van der Waals surface area contributed by atoms with Gasteiger partial charge in [-0.15, -0.1) is 11.8 Å². The molecule has 0 bridgehead atoms. The van der Waals surface area contributed by atoms with E-state index >= 15 is 0 Å². The number of aliphatic carboxylic acids is 1. The molecule has 0 aliphatic heterocycles. The Morgan fingerprint density at radius 2 is 2.24 bits per heavy atom. The van der Waals surface area contributed by atoms with E-state index in [0.29, 0.717) is 6.42 Å². The van der Waals surface area contributed by atoms with Crippen LogP contribution in [0.2, 0.25) is 0 Å². The zero-order chi connectivity index (χ0) is 12.9. The highest BCUT2D eigenvalue weighted by atomic mass is 32.2. The van der Waals surface area contributed by atoms with Crippen molar-refractivity contribution in [3.05, 3.63) is 29.8 Å². The van der Waals surface area contributed by atoms with Crippen molar-refractivity contribution in [1.29, 1.82) is 0 Å². The lowest BCUT2D eigenvalue weighted by molar-refractivity contribution is -0.142. The van der Waals surface area contributed by atoms with Crippen LogP contribution in [0.1, 0.15) is 25.3 Å². The summed E-state index contributed by atoms with van der Waals surface area (Å²) in [6.07, 6.45) is 1.30. The fourth-order valence-corrected chi connectivity index (χ4v) is 2.41. The second-order valence-electron chi connectivity index (χ2n) is 4.49. The van der Waals surface area contributed by atoms with E-state index in [0.717, 1.165) is 12.2 Å². The molecule has 1 aromatic carbocycles. The SMILES string of the molecule is Cc1cccc(SCCCC(C)(N)C(=O)O)c1. The van der Waals surface area contributed by atoms with Crippen LogP contribution in [-0.2, 0) is 4.79 Å². The van der Waals surface area contributed by atoms with Crippen LogP contribution in [0.5, 0.6) is 0 Å². The highest BCUT2D eigenvalue weighted by molar-refractivity contribution is 7.99. The predicted octanol–water partition coefficient (Wildman–Crippen LogP) is 2.67. The van der Waals surface area contributed by atoms with Gasteiger partial charge < -0.3 is 10.8 Å². The van der Waals surface area contributed by atoms with E-state index in [-0.39, 0.29) is 0 Å². The summed E-state index contributed by atoms with van der Waals surface area (Å²) in [5.41, 5.74) is 5.79. The van der Waals surface area contributed by atoms with Gasteiger partial charge in [-0.25, -0.2) is 0 Å². The average molecular weight is 253 g/mol. The summed E-state index contributed by atoms with van der Waals surface area (Å²) in [6.45, 7) is 3.62. The maximum absolute atomic E-state index is 10.8. The lowest BCUT2D eigenvalue weighted by atomic mass is 9.98. The van der Waals surface area contributed by atoms with Gasteiger partial charge in [0.25, 0.3) is 0 Å². The molecule has 1 rings (SSSR count). The van der Waals surface area contributed by atoms with Gasteiger partial charge in [-0.05, 0) is 44.6 Å². The molecule has 0 aromatic heterocycles. The van der Waals surface area contributed by atoms with Gasteiger partial charge in [0.1, 0.15) is 5.54 Å². The van der Waals surface area contributed by atoms with Crippen molar-refractivity contribution in [2.75, 3.05) is 5.75 Å². The third-order valence-corrected chi connectivity index (χ3v) is 3.67. The van der Waals surface area contributed by atoms with E-state index in [1.165, 1.54) is 10.5 Å². The lowest BCUT2D eigenvalue weighted by Gasteiger charge is -2.18. The molecule has 0 aliphatic carbocycles. The Bertz CT molecular complexity index is 391. The fourth-order valence-electron chi connectivity index (χ4n) is 1.44. The third kappa shape index (κ3) is 4.79. The summed E-state index contributed by atoms with van der Waals surface area (Å²) in [4.78, 5) is 12.0. The topological polar surface area (TPSA) is 63.3 Å². The number of aryl methyl sites for hydroxylation is 1. The van der Waals surface area contributed by atoms with Crippen molar-refractivity contribution in [1.82, 2.24) is 0 Å². The Balaban J connectivity index is 2.32. The third-order valence-electron chi connectivity index (χ3n) is 2.59. The Morgan fingerprint density at radius 1 is 1.53 bits per heavy atom. The second-order valence-corrected chi connectivity index (χ2v) is 5.66. The largest absolute Gasteiger partial charge is 0.480 e. The van der Waals surface area contributed by atoms with Crippen molar-refractivity contribution in [2.24, 2.45) is 5.73 Å². The number of carboxylic acid groups (broad SMARTS) is 1. The average Bonchev–Trinajstić information content (AvgIpc) is 2.24. The van der Waals surface area contributed by atoms with Crippen LogP contribution >= 0.6 is 11.8 Å². The molecule has 4 heteroatoms. The van der Waals surface area contributed by atoms with Crippen molar-refractivity contribution in [3.63, 3.8) is 0 Å². The molecule has 3 N–H and O–H groups in total. The molecule has 0 heterocycles. The summed E-state index contributed by atoms with van der Waals surface area (Å²) in [5, 5.41) is 8.86. The van der Waals surface area contributed by atoms with Crippen LogP contribution in [0, 0.1) is 6.92 Å². The molecule has 3 nitrogen and oxygen atoms in total. The van der Waals surface area contributed by atoms with Crippen LogP contribution in [0.15, 0.2) is 29.2 Å². The highest BCUT2D eigenvalue weighted by Gasteiger charge is 2.26. The Labute approximate surface area is 106 Å². The second kappa shape index (κ2) is 6.07. The number of nitrogens with two attached hydrogens (primary N) is 1. The van der Waals surface area contributed by atoms with Gasteiger partial charge in [-0.3, -0.25) is 4.79 Å². The van der Waals surface area contributed by atoms with Crippen LogP contribution in [0.4, 0.5) is 0 Å². The molecule has 17 heavy (non-hydrogen) atoms. The standard InChI is InChI=1S/C13H19NO2S/c1-10-5-3-6-11(9-10)17-8-4-7-13(2,14)12(15)16/h3,5-6,9H,4,7-8,14H2,1-2H3,(H,15,16). The summed E-state index contributed by atoms with van der Waals surface area (Å²) in [7, 11) is 0. The Kier molecular flexibility index (Phi) is 5.02. The molecule has 1 unspecified atom stereocenters. The van der Waals surface area contributed by atoms with E-state index < -0.39 is 11.5 Å². The molecule has 1 aromatic rings. The maximum Gasteiger partial charge on any atom is 0.323 e. The summed E-state index contributed by atoms with van der Waals surface area (Å²) in [5.74, 6) is -0.0400. The molecule has 0 fully saturated rings. The number of benzene rings is 1. The molecular weight excluding hydrogens is 234 g/mol. The number of thioether (sulfide) groups is 1. The quantitative estimate of drug-likeness (QED) is 0.604. The van der Waals surface area contributed by atoms with Gasteiger partial charge in [0.15, 0.2) is 0 Å². The molecule has 0 spiro atoms. The van der Waals surface area contributed by atoms with E-state index in [1.54, 1.807) is 18.7 Å². The number of carboxylic acids is 1. The summed E-state index contributed by atoms with van der Waals surface area (Å²) in [6, 6.07) is 8.29. The zero-order valence-corrected chi connectivity index (χ0v) is 11.1. The molecule has 0 amide bonds. The molecule has 1 atom stereocenters. The monoisotopic (exact) mass is 253 g/mol. The van der Waals surface area contributed by atoms with Gasteiger partial charge in [0, 0.05) is 4.90 Å². The minimum atomic E-state index is -1.10. The number of carbonyl (C=O) groups is 1. The van der Waals surface area contributed by atoms with Gasteiger partial charge in [0.2, 0.25) is 0 Å². The lowest BCUT2D eigenvalue weighted by Crippen LogP contribution is -2.44. The minimum Gasteiger partial charge on any atom is -0.480 e. The van der Waals surface area contributed by atoms with Crippen LogP contribution in [-0.4, -0.2) is 22.4 Å². The first-order valence-corrected chi connectivity index (χ1v) is 6.62. The molecular formula is C13H19NO2S. The molecule has 0 saturated carbocycles. The van der Waals surface area contributed by atoms with Crippen molar-refractivity contribution in [2.45, 2.75) is 37.1 Å². The first kappa shape index (κ1) is 14.1. The fraction of sp³-hybridized carbons (Fsp3) is 0.462. The molecule has 94 valence electrons. The van der Waals surface area contributed by atoms with Crippen LogP contribution in [0.3, 0.4) is 0 Å². The Hall–Kier alpha value is -1.00.